The highest BCUT2D eigenvalue weighted by Gasteiger charge is 2.23. The number of hydrogen-bond donors (Lipinski definition) is 2. The molecule has 18 heavy (non-hydrogen) atoms. The average molecular weight is 265 g/mol. The molecule has 0 bridgehead atoms. The van der Waals surface area contributed by atoms with Crippen molar-refractivity contribution in [3.8, 4) is 5.75 Å². The second-order valence-electron chi connectivity index (χ2n) is 4.81. The number of halogens is 1. The summed E-state index contributed by atoms with van der Waals surface area (Å²) < 4.78 is 5.41. The van der Waals surface area contributed by atoms with Gasteiger partial charge in [0.15, 0.2) is 0 Å². The van der Waals surface area contributed by atoms with Crippen LogP contribution in [0.4, 0.5) is 0 Å². The molecule has 1 aliphatic carbocycles. The van der Waals surface area contributed by atoms with E-state index in [1.54, 1.807) is 7.11 Å². The summed E-state index contributed by atoms with van der Waals surface area (Å²) >= 11 is 6.36. The van der Waals surface area contributed by atoms with Crippen molar-refractivity contribution in [2.24, 2.45) is 0 Å². The predicted molar refractivity (Wildman–Crippen MR) is 74.7 cm³/mol. The summed E-state index contributed by atoms with van der Waals surface area (Å²) in [7, 11) is 3.71. The molecule has 1 unspecified atom stereocenters. The minimum atomic E-state index is 0.541. The van der Waals surface area contributed by atoms with Crippen LogP contribution in [0.2, 0.25) is 5.02 Å². The van der Waals surface area contributed by atoms with Crippen LogP contribution in [-0.2, 0) is 12.8 Å². The molecule has 1 atom stereocenters. The van der Waals surface area contributed by atoms with Gasteiger partial charge < -0.3 is 15.0 Å². The molecule has 0 amide bonds. The first-order valence-corrected chi connectivity index (χ1v) is 6.65. The highest BCUT2D eigenvalue weighted by Crippen LogP contribution is 2.38. The van der Waals surface area contributed by atoms with Crippen LogP contribution in [0.15, 0.2) is 12.1 Å². The highest BCUT2D eigenvalue weighted by atomic mass is 35.5. The SMILES string of the molecule is CNC1CCc2[nH]c3c(OC)ccc(Cl)c3c2C1. The van der Waals surface area contributed by atoms with E-state index in [1.807, 2.05) is 19.2 Å². The summed E-state index contributed by atoms with van der Waals surface area (Å²) in [6, 6.07) is 4.38. The molecule has 0 fully saturated rings. The fourth-order valence-electron chi connectivity index (χ4n) is 2.88. The third kappa shape index (κ3) is 1.70. The van der Waals surface area contributed by atoms with E-state index in [9.17, 15) is 0 Å². The topological polar surface area (TPSA) is 37.0 Å². The van der Waals surface area contributed by atoms with Crippen LogP contribution in [0.3, 0.4) is 0 Å². The number of aromatic nitrogens is 1. The normalized spacial score (nSPS) is 18.9. The predicted octanol–water partition coefficient (Wildman–Crippen LogP) is 2.91. The third-order valence-corrected chi connectivity index (χ3v) is 4.19. The Labute approximate surface area is 111 Å². The zero-order valence-electron chi connectivity index (χ0n) is 10.6. The van der Waals surface area contributed by atoms with E-state index in [4.69, 9.17) is 16.3 Å². The van der Waals surface area contributed by atoms with Gasteiger partial charge in [0.1, 0.15) is 5.75 Å². The Balaban J connectivity index is 2.22. The summed E-state index contributed by atoms with van der Waals surface area (Å²) in [6.45, 7) is 0. The highest BCUT2D eigenvalue weighted by molar-refractivity contribution is 6.36. The van der Waals surface area contributed by atoms with E-state index in [2.05, 4.69) is 10.3 Å². The van der Waals surface area contributed by atoms with E-state index >= 15 is 0 Å². The summed E-state index contributed by atoms with van der Waals surface area (Å²) in [4.78, 5) is 3.48. The molecular weight excluding hydrogens is 248 g/mol. The van der Waals surface area contributed by atoms with Crippen molar-refractivity contribution in [2.75, 3.05) is 14.2 Å². The van der Waals surface area contributed by atoms with Crippen LogP contribution >= 0.6 is 11.6 Å². The Bertz CT molecular complexity index is 591. The number of ether oxygens (including phenoxy) is 1. The fraction of sp³-hybridized carbons (Fsp3) is 0.429. The maximum Gasteiger partial charge on any atom is 0.143 e. The third-order valence-electron chi connectivity index (χ3n) is 3.88. The van der Waals surface area contributed by atoms with E-state index in [0.717, 1.165) is 40.9 Å². The van der Waals surface area contributed by atoms with Gasteiger partial charge in [-0.05, 0) is 44.0 Å². The second-order valence-corrected chi connectivity index (χ2v) is 5.22. The molecule has 0 saturated heterocycles. The molecule has 1 heterocycles. The molecule has 0 aliphatic heterocycles. The van der Waals surface area contributed by atoms with Gasteiger partial charge in [-0.3, -0.25) is 0 Å². The molecule has 1 aromatic heterocycles. The van der Waals surface area contributed by atoms with Gasteiger partial charge in [0.05, 0.1) is 17.6 Å². The van der Waals surface area contributed by atoms with Crippen molar-refractivity contribution in [3.05, 3.63) is 28.4 Å². The van der Waals surface area contributed by atoms with Gasteiger partial charge >= 0.3 is 0 Å². The van der Waals surface area contributed by atoms with Crippen molar-refractivity contribution in [2.45, 2.75) is 25.3 Å². The zero-order valence-corrected chi connectivity index (χ0v) is 11.4. The van der Waals surface area contributed by atoms with Crippen molar-refractivity contribution >= 4 is 22.5 Å². The number of aryl methyl sites for hydroxylation is 1. The van der Waals surface area contributed by atoms with Gasteiger partial charge in [0.25, 0.3) is 0 Å². The molecule has 0 spiro atoms. The van der Waals surface area contributed by atoms with E-state index < -0.39 is 0 Å². The summed E-state index contributed by atoms with van der Waals surface area (Å²) in [5, 5.41) is 5.30. The number of rotatable bonds is 2. The molecule has 0 radical (unpaired) electrons. The van der Waals surface area contributed by atoms with Crippen molar-refractivity contribution in [3.63, 3.8) is 0 Å². The molecule has 1 aliphatic rings. The maximum atomic E-state index is 6.36. The molecular formula is C14H17ClN2O. The largest absolute Gasteiger partial charge is 0.495 e. The van der Waals surface area contributed by atoms with Gasteiger partial charge in [0, 0.05) is 17.1 Å². The lowest BCUT2D eigenvalue weighted by Gasteiger charge is -2.21. The Morgan fingerprint density at radius 2 is 2.28 bits per heavy atom. The Morgan fingerprint density at radius 1 is 1.44 bits per heavy atom. The Morgan fingerprint density at radius 3 is 3.00 bits per heavy atom. The number of likely N-dealkylation sites (N-methyl/N-ethyl adjacent to an activating group) is 1. The number of nitrogens with one attached hydrogen (secondary N) is 2. The maximum absolute atomic E-state index is 6.36. The van der Waals surface area contributed by atoms with E-state index in [-0.39, 0.29) is 0 Å². The molecule has 2 aromatic rings. The first-order valence-electron chi connectivity index (χ1n) is 6.27. The van der Waals surface area contributed by atoms with E-state index in [0.29, 0.717) is 6.04 Å². The number of benzene rings is 1. The first kappa shape index (κ1) is 11.9. The first-order chi connectivity index (χ1) is 8.74. The van der Waals surface area contributed by atoms with Crippen molar-refractivity contribution < 1.29 is 4.74 Å². The molecule has 1 aromatic carbocycles. The van der Waals surface area contributed by atoms with Gasteiger partial charge in [-0.25, -0.2) is 0 Å². The van der Waals surface area contributed by atoms with Crippen LogP contribution < -0.4 is 10.1 Å². The summed E-state index contributed by atoms with van der Waals surface area (Å²) in [5.41, 5.74) is 3.69. The standard InChI is InChI=1S/C14H17ClN2O/c1-16-8-3-5-11-9(7-8)13-10(15)4-6-12(18-2)14(13)17-11/h4,6,8,16-17H,3,5,7H2,1-2H3. The molecule has 2 N–H and O–H groups in total. The lowest BCUT2D eigenvalue weighted by Crippen LogP contribution is -2.31. The molecule has 3 rings (SSSR count). The smallest absolute Gasteiger partial charge is 0.143 e. The number of aromatic amines is 1. The van der Waals surface area contributed by atoms with Crippen LogP contribution in [-0.4, -0.2) is 25.2 Å². The van der Waals surface area contributed by atoms with Crippen LogP contribution in [0.1, 0.15) is 17.7 Å². The van der Waals surface area contributed by atoms with Crippen molar-refractivity contribution in [1.29, 1.82) is 0 Å². The molecule has 3 nitrogen and oxygen atoms in total. The Hall–Kier alpha value is -1.19. The second kappa shape index (κ2) is 4.48. The minimum Gasteiger partial charge on any atom is -0.495 e. The average Bonchev–Trinajstić information content (AvgIpc) is 2.78. The van der Waals surface area contributed by atoms with Gasteiger partial charge in [-0.1, -0.05) is 11.6 Å². The Kier molecular flexibility index (Phi) is 2.96. The van der Waals surface area contributed by atoms with Gasteiger partial charge in [-0.2, -0.15) is 0 Å². The number of hydrogen-bond acceptors (Lipinski definition) is 2. The summed E-state index contributed by atoms with van der Waals surface area (Å²) in [6.07, 6.45) is 3.25. The molecule has 0 saturated carbocycles. The van der Waals surface area contributed by atoms with Crippen molar-refractivity contribution in [1.82, 2.24) is 10.3 Å². The van der Waals surface area contributed by atoms with Crippen LogP contribution in [0.25, 0.3) is 10.9 Å². The zero-order chi connectivity index (χ0) is 12.7. The van der Waals surface area contributed by atoms with E-state index in [1.165, 1.54) is 11.3 Å². The summed E-state index contributed by atoms with van der Waals surface area (Å²) in [5.74, 6) is 0.866. The van der Waals surface area contributed by atoms with Gasteiger partial charge in [0.2, 0.25) is 0 Å². The quantitative estimate of drug-likeness (QED) is 0.875. The lowest BCUT2D eigenvalue weighted by atomic mass is 9.91. The number of methoxy groups -OCH3 is 1. The monoisotopic (exact) mass is 264 g/mol. The fourth-order valence-corrected chi connectivity index (χ4v) is 3.15. The number of fused-ring (bicyclic) bond motifs is 3. The van der Waals surface area contributed by atoms with Crippen LogP contribution in [0, 0.1) is 0 Å². The lowest BCUT2D eigenvalue weighted by molar-refractivity contribution is 0.419. The number of H-pyrrole nitrogens is 1. The van der Waals surface area contributed by atoms with Crippen LogP contribution in [0.5, 0.6) is 5.75 Å². The minimum absolute atomic E-state index is 0.541. The molecule has 96 valence electrons. The molecule has 4 heteroatoms. The van der Waals surface area contributed by atoms with Gasteiger partial charge in [-0.15, -0.1) is 0 Å².